The van der Waals surface area contributed by atoms with Crippen LogP contribution < -0.4 is 4.74 Å². The predicted molar refractivity (Wildman–Crippen MR) is 141 cm³/mol. The molecule has 7 heteroatoms. The third-order valence-corrected chi connectivity index (χ3v) is 7.70. The van der Waals surface area contributed by atoms with Crippen molar-refractivity contribution >= 4 is 34.8 Å². The summed E-state index contributed by atoms with van der Waals surface area (Å²) in [5.41, 5.74) is 1.57. The first-order valence-corrected chi connectivity index (χ1v) is 13.2. The van der Waals surface area contributed by atoms with E-state index in [9.17, 15) is 14.0 Å². The van der Waals surface area contributed by atoms with Gasteiger partial charge in [0.05, 0.1) is 10.9 Å². The number of benzene rings is 2. The van der Waals surface area contributed by atoms with Gasteiger partial charge in [-0.05, 0) is 40.7 Å². The van der Waals surface area contributed by atoms with E-state index in [1.165, 1.54) is 12.1 Å². The summed E-state index contributed by atoms with van der Waals surface area (Å²) in [6.07, 6.45) is 1.82. The molecule has 0 fully saturated rings. The summed E-state index contributed by atoms with van der Waals surface area (Å²) >= 11 is 13.1. The van der Waals surface area contributed by atoms with Crippen LogP contribution in [0, 0.1) is 16.6 Å². The first-order chi connectivity index (χ1) is 17.3. The van der Waals surface area contributed by atoms with Gasteiger partial charge in [-0.2, -0.15) is 0 Å². The van der Waals surface area contributed by atoms with Gasteiger partial charge in [-0.15, -0.1) is 0 Å². The Hall–Kier alpha value is -2.63. The fourth-order valence-corrected chi connectivity index (χ4v) is 6.28. The summed E-state index contributed by atoms with van der Waals surface area (Å²) in [4.78, 5) is 27.2. The van der Waals surface area contributed by atoms with Gasteiger partial charge in [0, 0.05) is 47.4 Å². The topological polar surface area (TPSA) is 52.6 Å². The van der Waals surface area contributed by atoms with E-state index in [1.54, 1.807) is 24.3 Å². The van der Waals surface area contributed by atoms with Crippen molar-refractivity contribution < 1.29 is 23.5 Å². The Morgan fingerprint density at radius 1 is 0.919 bits per heavy atom. The molecule has 37 heavy (non-hydrogen) atoms. The first-order valence-electron chi connectivity index (χ1n) is 12.4. The molecule has 194 valence electrons. The molecule has 0 atom stereocenters. The van der Waals surface area contributed by atoms with Crippen LogP contribution in [0.15, 0.2) is 59.1 Å². The molecule has 1 heterocycles. The Kier molecular flexibility index (Phi) is 6.52. The number of ketones is 2. The van der Waals surface area contributed by atoms with Crippen molar-refractivity contribution in [3.63, 3.8) is 0 Å². The lowest BCUT2D eigenvalue weighted by molar-refractivity contribution is -0.120. The summed E-state index contributed by atoms with van der Waals surface area (Å²) in [7, 11) is 0. The van der Waals surface area contributed by atoms with Gasteiger partial charge in [0.2, 0.25) is 0 Å². The molecule has 0 saturated carbocycles. The molecule has 0 radical (unpaired) electrons. The Balaban J connectivity index is 1.68. The van der Waals surface area contributed by atoms with Crippen molar-refractivity contribution in [2.75, 3.05) is 0 Å². The van der Waals surface area contributed by atoms with Gasteiger partial charge in [0.25, 0.3) is 0 Å². The average Bonchev–Trinajstić information content (AvgIpc) is 2.75. The molecule has 0 N–H and O–H groups in total. The molecular formula is C30H29Cl2FO4. The van der Waals surface area contributed by atoms with Crippen LogP contribution in [0.5, 0.6) is 5.75 Å². The molecule has 0 saturated heterocycles. The fourth-order valence-electron chi connectivity index (χ4n) is 5.71. The van der Waals surface area contributed by atoms with Gasteiger partial charge in [0.1, 0.15) is 29.7 Å². The average molecular weight is 543 g/mol. The SMILES string of the molecule is CC1(C)CC(=O)C2=C(C1)OC1=C(C(=O)CC(C)(C)C1)C2c1cc(Cl)cc(Cl)c1OCc1cccc(F)c1. The van der Waals surface area contributed by atoms with Gasteiger partial charge in [-0.25, -0.2) is 4.39 Å². The number of ether oxygens (including phenoxy) is 2. The van der Waals surface area contributed by atoms with Gasteiger partial charge in [-0.3, -0.25) is 9.59 Å². The second-order valence-electron chi connectivity index (χ2n) is 11.8. The Morgan fingerprint density at radius 2 is 1.51 bits per heavy atom. The lowest BCUT2D eigenvalue weighted by Crippen LogP contribution is -2.37. The molecule has 1 aliphatic heterocycles. The molecule has 0 bridgehead atoms. The number of carbonyl (C=O) groups excluding carboxylic acids is 2. The number of hydrogen-bond donors (Lipinski definition) is 0. The number of carbonyl (C=O) groups is 2. The third kappa shape index (κ3) is 5.08. The van der Waals surface area contributed by atoms with Crippen molar-refractivity contribution in [3.8, 4) is 5.75 Å². The van der Waals surface area contributed by atoms with Gasteiger partial charge >= 0.3 is 0 Å². The van der Waals surface area contributed by atoms with E-state index in [2.05, 4.69) is 0 Å². The largest absolute Gasteiger partial charge is 0.487 e. The van der Waals surface area contributed by atoms with Gasteiger partial charge in [0.15, 0.2) is 11.6 Å². The minimum atomic E-state index is -0.704. The summed E-state index contributed by atoms with van der Waals surface area (Å²) in [5.74, 6) is 0.315. The summed E-state index contributed by atoms with van der Waals surface area (Å²) < 4.78 is 26.3. The van der Waals surface area contributed by atoms with Crippen molar-refractivity contribution in [2.24, 2.45) is 10.8 Å². The molecule has 0 aromatic heterocycles. The Morgan fingerprint density at radius 3 is 2.08 bits per heavy atom. The van der Waals surface area contributed by atoms with Crippen LogP contribution in [-0.2, 0) is 20.9 Å². The minimum Gasteiger partial charge on any atom is -0.487 e. The summed E-state index contributed by atoms with van der Waals surface area (Å²) in [5, 5.41) is 0.614. The lowest BCUT2D eigenvalue weighted by atomic mass is 9.65. The summed E-state index contributed by atoms with van der Waals surface area (Å²) in [6.45, 7) is 8.20. The minimum absolute atomic E-state index is 0.0507. The van der Waals surface area contributed by atoms with Crippen molar-refractivity contribution in [2.45, 2.75) is 65.9 Å². The maximum atomic E-state index is 13.8. The van der Waals surface area contributed by atoms with E-state index >= 15 is 0 Å². The number of hydrogen-bond acceptors (Lipinski definition) is 4. The van der Waals surface area contributed by atoms with Crippen molar-refractivity contribution in [1.82, 2.24) is 0 Å². The maximum absolute atomic E-state index is 13.8. The molecule has 2 aromatic carbocycles. The highest BCUT2D eigenvalue weighted by Crippen LogP contribution is 2.55. The molecule has 0 amide bonds. The highest BCUT2D eigenvalue weighted by Gasteiger charge is 2.48. The van der Waals surface area contributed by atoms with Crippen LogP contribution >= 0.6 is 23.2 Å². The van der Waals surface area contributed by atoms with Crippen LogP contribution in [-0.4, -0.2) is 11.6 Å². The van der Waals surface area contributed by atoms with Gasteiger partial charge < -0.3 is 9.47 Å². The fraction of sp³-hybridized carbons (Fsp3) is 0.400. The Bertz CT molecular complexity index is 1330. The second-order valence-corrected chi connectivity index (χ2v) is 12.7. The maximum Gasteiger partial charge on any atom is 0.163 e. The van der Waals surface area contributed by atoms with E-state index in [0.717, 1.165) is 0 Å². The zero-order chi connectivity index (χ0) is 26.7. The molecule has 3 aliphatic rings. The van der Waals surface area contributed by atoms with Crippen LogP contribution in [0.25, 0.3) is 0 Å². The van der Waals surface area contributed by atoms with E-state index in [0.29, 0.717) is 70.2 Å². The highest BCUT2D eigenvalue weighted by atomic mass is 35.5. The van der Waals surface area contributed by atoms with E-state index in [-0.39, 0.29) is 39.8 Å². The zero-order valence-corrected chi connectivity index (χ0v) is 22.9. The number of rotatable bonds is 4. The molecule has 5 rings (SSSR count). The molecule has 4 nitrogen and oxygen atoms in total. The molecule has 0 unspecified atom stereocenters. The van der Waals surface area contributed by atoms with E-state index < -0.39 is 5.92 Å². The quantitative estimate of drug-likeness (QED) is 0.391. The smallest absolute Gasteiger partial charge is 0.163 e. The first kappa shape index (κ1) is 26.0. The molecule has 2 aromatic rings. The lowest BCUT2D eigenvalue weighted by Gasteiger charge is -2.43. The Labute approximate surface area is 226 Å². The van der Waals surface area contributed by atoms with Crippen LogP contribution in [0.1, 0.15) is 70.4 Å². The monoisotopic (exact) mass is 542 g/mol. The molecule has 2 aliphatic carbocycles. The van der Waals surface area contributed by atoms with Crippen molar-refractivity contribution in [1.29, 1.82) is 0 Å². The number of halogens is 3. The van der Waals surface area contributed by atoms with Crippen molar-refractivity contribution in [3.05, 3.63) is 86.1 Å². The highest BCUT2D eigenvalue weighted by molar-refractivity contribution is 6.35. The predicted octanol–water partition coefficient (Wildman–Crippen LogP) is 8.11. The number of allylic oxidation sites excluding steroid dienone is 4. The summed E-state index contributed by atoms with van der Waals surface area (Å²) in [6, 6.07) is 9.38. The van der Waals surface area contributed by atoms with E-state index in [1.807, 2.05) is 27.7 Å². The molecular weight excluding hydrogens is 514 g/mol. The van der Waals surface area contributed by atoms with Crippen LogP contribution in [0.3, 0.4) is 0 Å². The third-order valence-electron chi connectivity index (χ3n) is 7.20. The normalized spacial score (nSPS) is 20.9. The standard InChI is InChI=1S/C30H29Cl2FO4/c1-29(2)11-21(34)26-23(13-29)37-24-14-30(3,4)12-22(35)27(24)25(26)19-9-17(31)10-20(32)28(19)36-15-16-6-5-7-18(33)8-16/h5-10,25H,11-15H2,1-4H3. The molecule has 0 spiro atoms. The van der Waals surface area contributed by atoms with Crippen LogP contribution in [0.4, 0.5) is 4.39 Å². The second kappa shape index (κ2) is 9.28. The van der Waals surface area contributed by atoms with Gasteiger partial charge in [-0.1, -0.05) is 63.0 Å². The number of Topliss-reactive ketones (excluding diaryl/α,β-unsaturated/α-hetero) is 2. The van der Waals surface area contributed by atoms with Crippen LogP contribution in [0.2, 0.25) is 10.0 Å². The zero-order valence-electron chi connectivity index (χ0n) is 21.3. The van der Waals surface area contributed by atoms with E-state index in [4.69, 9.17) is 32.7 Å².